The lowest BCUT2D eigenvalue weighted by Gasteiger charge is -2.25. The maximum Gasteiger partial charge on any atom is 0.352 e. The predicted molar refractivity (Wildman–Crippen MR) is 99.6 cm³/mol. The van der Waals surface area contributed by atoms with E-state index in [1.54, 1.807) is 0 Å². The van der Waals surface area contributed by atoms with Gasteiger partial charge in [-0.05, 0) is 24.0 Å². The number of aliphatic carboxylic acids is 2. The molecule has 0 saturated heterocycles. The summed E-state index contributed by atoms with van der Waals surface area (Å²) in [6.07, 6.45) is 0.894. The Morgan fingerprint density at radius 1 is 1.11 bits per heavy atom. The van der Waals surface area contributed by atoms with Crippen molar-refractivity contribution in [2.75, 3.05) is 12.0 Å². The smallest absolute Gasteiger partial charge is 0.352 e. The van der Waals surface area contributed by atoms with Crippen LogP contribution in [0, 0.1) is 5.41 Å². The molecule has 150 valence electrons. The number of para-hydroxylation sites is 1. The Bertz CT molecular complexity index is 641. The molecule has 0 atom stereocenters. The van der Waals surface area contributed by atoms with Crippen molar-refractivity contribution in [1.82, 2.24) is 5.48 Å². The molecule has 2 amide bonds. The second-order valence-electron chi connectivity index (χ2n) is 5.25. The van der Waals surface area contributed by atoms with Gasteiger partial charge in [0, 0.05) is 0 Å². The number of aryl methyl sites for hydroxylation is 2. The van der Waals surface area contributed by atoms with Crippen molar-refractivity contribution in [2.24, 2.45) is 5.73 Å². The first-order chi connectivity index (χ1) is 12.7. The molecule has 0 unspecified atom stereocenters. The number of nitrogens with two attached hydrogens (primary N) is 1. The number of rotatable bonds is 7. The first-order valence-electron chi connectivity index (χ1n) is 8.20. The van der Waals surface area contributed by atoms with Crippen molar-refractivity contribution in [1.29, 1.82) is 5.41 Å². The number of carbonyl (C=O) groups is 3. The normalized spacial score (nSPS) is 9.59. The third kappa shape index (κ3) is 8.19. The fraction of sp³-hybridized carbons (Fsp3) is 0.412. The fourth-order valence-electron chi connectivity index (χ4n) is 2.18. The highest BCUT2D eigenvalue weighted by Gasteiger charge is 2.23. The van der Waals surface area contributed by atoms with Gasteiger partial charge in [-0.3, -0.25) is 19.8 Å². The Hall–Kier alpha value is -3.14. The summed E-state index contributed by atoms with van der Waals surface area (Å²) in [4.78, 5) is 37.0. The Kier molecular flexibility index (Phi) is 10.8. The van der Waals surface area contributed by atoms with Gasteiger partial charge in [-0.1, -0.05) is 32.0 Å². The zero-order chi connectivity index (χ0) is 21.0. The monoisotopic (exact) mass is 382 g/mol. The number of guanidine groups is 1. The van der Waals surface area contributed by atoms with Crippen molar-refractivity contribution in [3.8, 4) is 0 Å². The van der Waals surface area contributed by atoms with Gasteiger partial charge in [-0.2, -0.15) is 0 Å². The third-order valence-corrected chi connectivity index (χ3v) is 3.37. The number of carbonyl (C=O) groups excluding carboxylic acids is 1. The number of anilines is 1. The summed E-state index contributed by atoms with van der Waals surface area (Å²) in [6.45, 7) is 3.98. The molecule has 1 rings (SSSR count). The standard InChI is InChI=1S/C13H20N4O2.C4H6O4/c1-4-9-7-6-8-10(5-2)11(9)17(12(14)15)13(18)16-19-3;5-3(6)1-2-4(7)8/h6-8H,4-5H2,1-3H3,(H3,14,15)(H,16,18);1-2H2,(H,5,6)(H,7,8). The molecule has 10 nitrogen and oxygen atoms in total. The maximum absolute atomic E-state index is 12.0. The summed E-state index contributed by atoms with van der Waals surface area (Å²) >= 11 is 0. The minimum Gasteiger partial charge on any atom is -0.481 e. The SMILES string of the molecule is CCc1cccc(CC)c1N(C(=N)N)C(=O)NOC.O=C(O)CCC(=O)O. The van der Waals surface area contributed by atoms with Crippen LogP contribution >= 0.6 is 0 Å². The number of benzene rings is 1. The van der Waals surface area contributed by atoms with Crippen molar-refractivity contribution in [3.05, 3.63) is 29.3 Å². The van der Waals surface area contributed by atoms with E-state index in [1.165, 1.54) is 7.11 Å². The first kappa shape index (κ1) is 23.9. The zero-order valence-electron chi connectivity index (χ0n) is 15.6. The number of nitrogens with zero attached hydrogens (tertiary/aromatic N) is 1. The van der Waals surface area contributed by atoms with E-state index < -0.39 is 18.0 Å². The summed E-state index contributed by atoms with van der Waals surface area (Å²) in [6, 6.07) is 5.20. The lowest BCUT2D eigenvalue weighted by Crippen LogP contribution is -2.47. The van der Waals surface area contributed by atoms with Gasteiger partial charge in [0.25, 0.3) is 0 Å². The van der Waals surface area contributed by atoms with Gasteiger partial charge in [0.2, 0.25) is 5.96 Å². The molecule has 10 heteroatoms. The summed E-state index contributed by atoms with van der Waals surface area (Å²) in [5.41, 5.74) is 10.3. The molecule has 6 N–H and O–H groups in total. The van der Waals surface area contributed by atoms with E-state index in [9.17, 15) is 14.4 Å². The average Bonchev–Trinajstić information content (AvgIpc) is 2.60. The van der Waals surface area contributed by atoms with E-state index in [1.807, 2.05) is 32.0 Å². The lowest BCUT2D eigenvalue weighted by atomic mass is 10.0. The van der Waals surface area contributed by atoms with E-state index in [2.05, 4.69) is 10.3 Å². The second kappa shape index (κ2) is 12.3. The summed E-state index contributed by atoms with van der Waals surface area (Å²) < 4.78 is 0. The van der Waals surface area contributed by atoms with Gasteiger partial charge in [-0.25, -0.2) is 15.2 Å². The molecule has 0 aromatic heterocycles. The number of amides is 2. The van der Waals surface area contributed by atoms with Crippen LogP contribution in [0.3, 0.4) is 0 Å². The largest absolute Gasteiger partial charge is 0.481 e. The van der Waals surface area contributed by atoms with Gasteiger partial charge in [0.05, 0.1) is 25.6 Å². The quantitative estimate of drug-likeness (QED) is 0.272. The Labute approximate surface area is 157 Å². The van der Waals surface area contributed by atoms with Gasteiger partial charge in [0.1, 0.15) is 0 Å². The molecule has 0 aliphatic heterocycles. The van der Waals surface area contributed by atoms with Crippen LogP contribution in [0.1, 0.15) is 37.8 Å². The highest BCUT2D eigenvalue weighted by Crippen LogP contribution is 2.27. The van der Waals surface area contributed by atoms with Crippen LogP contribution in [-0.4, -0.2) is 41.3 Å². The number of hydroxylamine groups is 1. The Balaban J connectivity index is 0.000000713. The second-order valence-corrected chi connectivity index (χ2v) is 5.25. The molecule has 1 aromatic carbocycles. The molecule has 0 saturated carbocycles. The van der Waals surface area contributed by atoms with E-state index in [4.69, 9.17) is 21.4 Å². The molecular weight excluding hydrogens is 356 g/mol. The van der Waals surface area contributed by atoms with Crippen molar-refractivity contribution >= 4 is 29.6 Å². The number of hydrogen-bond acceptors (Lipinski definition) is 5. The van der Waals surface area contributed by atoms with Crippen LogP contribution in [-0.2, 0) is 27.3 Å². The van der Waals surface area contributed by atoms with Crippen molar-refractivity contribution in [2.45, 2.75) is 39.5 Å². The molecule has 0 aliphatic rings. The average molecular weight is 382 g/mol. The molecule has 1 aromatic rings. The topological polar surface area (TPSA) is 166 Å². The Morgan fingerprint density at radius 2 is 1.56 bits per heavy atom. The van der Waals surface area contributed by atoms with Crippen LogP contribution < -0.4 is 16.1 Å². The molecule has 0 aliphatic carbocycles. The van der Waals surface area contributed by atoms with Crippen LogP contribution in [0.2, 0.25) is 0 Å². The van der Waals surface area contributed by atoms with E-state index in [-0.39, 0.29) is 18.8 Å². The molecule has 0 bridgehead atoms. The van der Waals surface area contributed by atoms with E-state index >= 15 is 0 Å². The van der Waals surface area contributed by atoms with E-state index in [0.717, 1.165) is 28.9 Å². The van der Waals surface area contributed by atoms with Gasteiger partial charge in [-0.15, -0.1) is 0 Å². The zero-order valence-corrected chi connectivity index (χ0v) is 15.6. The summed E-state index contributed by atoms with van der Waals surface area (Å²) in [5, 5.41) is 23.4. The highest BCUT2D eigenvalue weighted by atomic mass is 16.6. The molecule has 0 spiro atoms. The van der Waals surface area contributed by atoms with Crippen LogP contribution in [0.5, 0.6) is 0 Å². The predicted octanol–water partition coefficient (Wildman–Crippen LogP) is 1.72. The minimum absolute atomic E-state index is 0.296. The van der Waals surface area contributed by atoms with Gasteiger partial charge < -0.3 is 15.9 Å². The minimum atomic E-state index is -1.08. The number of nitrogens with one attached hydrogen (secondary N) is 2. The summed E-state index contributed by atoms with van der Waals surface area (Å²) in [5.74, 6) is -2.50. The molecular formula is C17H26N4O6. The number of urea groups is 1. The molecule has 27 heavy (non-hydrogen) atoms. The number of hydrogen-bond donors (Lipinski definition) is 5. The molecule has 0 fully saturated rings. The van der Waals surface area contributed by atoms with Crippen LogP contribution in [0.4, 0.5) is 10.5 Å². The maximum atomic E-state index is 12.0. The third-order valence-electron chi connectivity index (χ3n) is 3.37. The van der Waals surface area contributed by atoms with Gasteiger partial charge in [0.15, 0.2) is 0 Å². The first-order valence-corrected chi connectivity index (χ1v) is 8.20. The van der Waals surface area contributed by atoms with Crippen molar-refractivity contribution in [3.63, 3.8) is 0 Å². The van der Waals surface area contributed by atoms with Gasteiger partial charge >= 0.3 is 18.0 Å². The summed E-state index contributed by atoms with van der Waals surface area (Å²) in [7, 11) is 1.34. The Morgan fingerprint density at radius 3 is 1.85 bits per heavy atom. The van der Waals surface area contributed by atoms with Crippen LogP contribution in [0.25, 0.3) is 0 Å². The number of carboxylic acids is 2. The highest BCUT2D eigenvalue weighted by molar-refractivity contribution is 6.14. The fourth-order valence-corrected chi connectivity index (χ4v) is 2.18. The number of carboxylic acid groups (broad SMARTS) is 2. The molecule has 0 heterocycles. The van der Waals surface area contributed by atoms with Crippen molar-refractivity contribution < 1.29 is 29.4 Å². The van der Waals surface area contributed by atoms with Crippen LogP contribution in [0.15, 0.2) is 18.2 Å². The lowest BCUT2D eigenvalue weighted by molar-refractivity contribution is -0.143. The molecule has 0 radical (unpaired) electrons. The van der Waals surface area contributed by atoms with E-state index in [0.29, 0.717) is 5.69 Å².